The molecule has 1 saturated heterocycles. The maximum absolute atomic E-state index is 13.1. The Hall–Kier alpha value is -1.86. The van der Waals surface area contributed by atoms with Crippen LogP contribution in [0.4, 0.5) is 10.6 Å². The third-order valence-corrected chi connectivity index (χ3v) is 5.96. The summed E-state index contributed by atoms with van der Waals surface area (Å²) in [6.07, 6.45) is 2.11. The van der Waals surface area contributed by atoms with Crippen molar-refractivity contribution in [2.45, 2.75) is 52.5 Å². The lowest BCUT2D eigenvalue weighted by Crippen LogP contribution is -2.54. The van der Waals surface area contributed by atoms with Crippen LogP contribution in [0.15, 0.2) is 6.07 Å². The fraction of sp³-hybridized carbons (Fsp3) is 0.579. The molecule has 0 bridgehead atoms. The molecule has 152 valence electrons. The van der Waals surface area contributed by atoms with E-state index in [0.717, 1.165) is 11.3 Å². The van der Waals surface area contributed by atoms with Gasteiger partial charge in [0.05, 0.1) is 15.7 Å². The Bertz CT molecular complexity index is 858. The number of carbonyl (C=O) groups excluding carboxylic acids is 3. The molecule has 1 aliphatic carbocycles. The second kappa shape index (κ2) is 7.19. The predicted molar refractivity (Wildman–Crippen MR) is 107 cm³/mol. The third-order valence-electron chi connectivity index (χ3n) is 5.29. The number of urea groups is 1. The van der Waals surface area contributed by atoms with Gasteiger partial charge in [-0.2, -0.15) is 0 Å². The zero-order valence-corrected chi connectivity index (χ0v) is 17.9. The molecule has 1 saturated carbocycles. The second-order valence-electron chi connectivity index (χ2n) is 8.69. The van der Waals surface area contributed by atoms with Crippen LogP contribution in [0.25, 0.3) is 0 Å². The number of halogens is 2. The summed E-state index contributed by atoms with van der Waals surface area (Å²) in [7, 11) is 0. The first kappa shape index (κ1) is 20.9. The highest BCUT2D eigenvalue weighted by atomic mass is 35.5. The Balaban J connectivity index is 1.74. The van der Waals surface area contributed by atoms with Crippen LogP contribution >= 0.6 is 23.2 Å². The van der Waals surface area contributed by atoms with Gasteiger partial charge in [-0.15, -0.1) is 0 Å². The molecule has 2 aliphatic rings. The predicted octanol–water partition coefficient (Wildman–Crippen LogP) is 3.77. The van der Waals surface area contributed by atoms with Crippen LogP contribution in [0.5, 0.6) is 0 Å². The summed E-state index contributed by atoms with van der Waals surface area (Å²) in [5, 5.41) is 5.96. The molecule has 1 aliphatic heterocycles. The number of rotatable bonds is 3. The normalized spacial score (nSPS) is 26.5. The van der Waals surface area contributed by atoms with Crippen molar-refractivity contribution in [1.29, 1.82) is 0 Å². The van der Waals surface area contributed by atoms with E-state index in [9.17, 15) is 14.4 Å². The molecule has 2 atom stereocenters. The number of hydrogen-bond donors (Lipinski definition) is 2. The largest absolute Gasteiger partial charge is 0.325 e. The van der Waals surface area contributed by atoms with Crippen LogP contribution in [0.2, 0.25) is 10.0 Å². The van der Waals surface area contributed by atoms with E-state index in [0.29, 0.717) is 29.5 Å². The van der Waals surface area contributed by atoms with E-state index in [4.69, 9.17) is 23.2 Å². The molecule has 0 unspecified atom stereocenters. The van der Waals surface area contributed by atoms with E-state index in [1.807, 2.05) is 0 Å². The maximum Gasteiger partial charge on any atom is 0.325 e. The number of aryl methyl sites for hydroxylation is 1. The van der Waals surface area contributed by atoms with E-state index < -0.39 is 24.0 Å². The molecule has 9 heteroatoms. The van der Waals surface area contributed by atoms with Crippen molar-refractivity contribution in [1.82, 2.24) is 15.2 Å². The molecule has 28 heavy (non-hydrogen) atoms. The van der Waals surface area contributed by atoms with Gasteiger partial charge in [0.1, 0.15) is 12.1 Å². The van der Waals surface area contributed by atoms with Gasteiger partial charge < -0.3 is 10.6 Å². The minimum absolute atomic E-state index is 0.0723. The molecule has 2 N–H and O–H groups in total. The van der Waals surface area contributed by atoms with Crippen molar-refractivity contribution in [3.63, 3.8) is 0 Å². The number of aromatic nitrogens is 1. The number of amides is 4. The summed E-state index contributed by atoms with van der Waals surface area (Å²) < 4.78 is 0. The quantitative estimate of drug-likeness (QED) is 0.719. The average Bonchev–Trinajstić information content (AvgIpc) is 2.74. The fourth-order valence-electron chi connectivity index (χ4n) is 4.61. The SMILES string of the molecule is Cc1nc(NC(=O)CN2C(=O)N[C@]3(C[C@H](C)CC(C)(C)C3)C2=O)c(Cl)cc1Cl. The lowest BCUT2D eigenvalue weighted by molar-refractivity contribution is -0.136. The van der Waals surface area contributed by atoms with E-state index in [-0.39, 0.29) is 22.2 Å². The highest BCUT2D eigenvalue weighted by Gasteiger charge is 2.56. The topological polar surface area (TPSA) is 91.4 Å². The van der Waals surface area contributed by atoms with Gasteiger partial charge >= 0.3 is 6.03 Å². The standard InChI is InChI=1S/C19H24Cl2N4O3/c1-10-6-18(3,4)9-19(7-10)16(27)25(17(28)24-19)8-14(26)23-15-13(21)5-12(20)11(2)22-15/h5,10H,6-9H2,1-4H3,(H,24,28)(H,22,23,26)/t10-,19+/m1/s1. The van der Waals surface area contributed by atoms with Crippen LogP contribution in [-0.4, -0.2) is 39.8 Å². The van der Waals surface area contributed by atoms with Gasteiger partial charge in [0, 0.05) is 0 Å². The van der Waals surface area contributed by atoms with Crippen molar-refractivity contribution in [2.24, 2.45) is 11.3 Å². The van der Waals surface area contributed by atoms with Crippen LogP contribution < -0.4 is 10.6 Å². The number of anilines is 1. The Morgan fingerprint density at radius 1 is 1.32 bits per heavy atom. The molecule has 4 amide bonds. The first-order valence-corrected chi connectivity index (χ1v) is 9.95. The van der Waals surface area contributed by atoms with E-state index in [1.165, 1.54) is 6.07 Å². The average molecular weight is 427 g/mol. The minimum atomic E-state index is -0.939. The van der Waals surface area contributed by atoms with Gasteiger partial charge in [-0.25, -0.2) is 9.78 Å². The zero-order valence-electron chi connectivity index (χ0n) is 16.4. The maximum atomic E-state index is 13.1. The van der Waals surface area contributed by atoms with Crippen molar-refractivity contribution >= 4 is 46.9 Å². The molecule has 1 aromatic heterocycles. The van der Waals surface area contributed by atoms with Crippen molar-refractivity contribution in [3.05, 3.63) is 21.8 Å². The van der Waals surface area contributed by atoms with Gasteiger partial charge in [-0.05, 0) is 43.6 Å². The zero-order chi connectivity index (χ0) is 20.9. The van der Waals surface area contributed by atoms with Gasteiger partial charge in [-0.3, -0.25) is 14.5 Å². The molecule has 1 spiro atoms. The van der Waals surface area contributed by atoms with E-state index in [1.54, 1.807) is 6.92 Å². The first-order valence-electron chi connectivity index (χ1n) is 9.19. The summed E-state index contributed by atoms with van der Waals surface area (Å²) in [5.41, 5.74) is -0.503. The second-order valence-corrected chi connectivity index (χ2v) is 9.51. The summed E-state index contributed by atoms with van der Waals surface area (Å²) >= 11 is 12.0. The number of hydrogen-bond acceptors (Lipinski definition) is 4. The van der Waals surface area contributed by atoms with Crippen LogP contribution in [0.3, 0.4) is 0 Å². The molecule has 0 aromatic carbocycles. The molecular formula is C19H24Cl2N4O3. The Kier molecular flexibility index (Phi) is 5.36. The molecule has 0 radical (unpaired) electrons. The summed E-state index contributed by atoms with van der Waals surface area (Å²) in [6.45, 7) is 7.54. The van der Waals surface area contributed by atoms with Crippen molar-refractivity contribution in [3.8, 4) is 0 Å². The number of carbonyl (C=O) groups is 3. The van der Waals surface area contributed by atoms with Gasteiger partial charge in [0.2, 0.25) is 5.91 Å². The number of nitrogens with one attached hydrogen (secondary N) is 2. The Labute approximate surface area is 174 Å². The summed E-state index contributed by atoms with van der Waals surface area (Å²) in [6, 6.07) is 0.936. The number of nitrogens with zero attached hydrogens (tertiary/aromatic N) is 2. The molecular weight excluding hydrogens is 403 g/mol. The van der Waals surface area contributed by atoms with Gasteiger partial charge in [-0.1, -0.05) is 44.0 Å². The smallest absolute Gasteiger partial charge is 0.323 e. The molecule has 2 fully saturated rings. The molecule has 2 heterocycles. The lowest BCUT2D eigenvalue weighted by atomic mass is 9.64. The van der Waals surface area contributed by atoms with Crippen molar-refractivity contribution in [2.75, 3.05) is 11.9 Å². The number of pyridine rings is 1. The third kappa shape index (κ3) is 3.96. The Morgan fingerprint density at radius 3 is 2.64 bits per heavy atom. The fourth-order valence-corrected chi connectivity index (χ4v) is 5.02. The summed E-state index contributed by atoms with van der Waals surface area (Å²) in [4.78, 5) is 43.1. The minimum Gasteiger partial charge on any atom is -0.323 e. The Morgan fingerprint density at radius 2 is 2.00 bits per heavy atom. The number of imide groups is 1. The van der Waals surface area contributed by atoms with Gasteiger partial charge in [0.25, 0.3) is 5.91 Å². The van der Waals surface area contributed by atoms with E-state index >= 15 is 0 Å². The van der Waals surface area contributed by atoms with E-state index in [2.05, 4.69) is 36.4 Å². The van der Waals surface area contributed by atoms with Crippen LogP contribution in [-0.2, 0) is 9.59 Å². The molecule has 7 nitrogen and oxygen atoms in total. The first-order chi connectivity index (χ1) is 12.9. The summed E-state index contributed by atoms with van der Waals surface area (Å²) in [5.74, 6) is -0.469. The van der Waals surface area contributed by atoms with Crippen molar-refractivity contribution < 1.29 is 14.4 Å². The highest BCUT2D eigenvalue weighted by molar-refractivity contribution is 6.36. The molecule has 1 aromatic rings. The monoisotopic (exact) mass is 426 g/mol. The molecule has 3 rings (SSSR count). The van der Waals surface area contributed by atoms with Gasteiger partial charge in [0.15, 0.2) is 5.82 Å². The van der Waals surface area contributed by atoms with Crippen LogP contribution in [0.1, 0.15) is 45.7 Å². The highest BCUT2D eigenvalue weighted by Crippen LogP contribution is 2.46. The van der Waals surface area contributed by atoms with Crippen LogP contribution in [0, 0.1) is 18.3 Å². The lowest BCUT2D eigenvalue weighted by Gasteiger charge is -2.43.